The van der Waals surface area contributed by atoms with Crippen LogP contribution in [-0.2, 0) is 16.1 Å². The Balaban J connectivity index is 2.28. The molecule has 0 saturated heterocycles. The first kappa shape index (κ1) is 6.82. The van der Waals surface area contributed by atoms with E-state index in [1.807, 2.05) is 4.57 Å². The first-order valence-electron chi connectivity index (χ1n) is 4.08. The summed E-state index contributed by atoms with van der Waals surface area (Å²) in [6.45, 7) is 0.745. The molecular formula is C8H6N2O3. The maximum absolute atomic E-state index is 11.2. The highest BCUT2D eigenvalue weighted by Gasteiger charge is 2.41. The highest BCUT2D eigenvalue weighted by molar-refractivity contribution is 6.02. The minimum absolute atomic E-state index is 0.268. The molecule has 1 aromatic heterocycles. The molecule has 66 valence electrons. The molecule has 13 heavy (non-hydrogen) atoms. The molecule has 0 N–H and O–H groups in total. The lowest BCUT2D eigenvalue weighted by Gasteiger charge is -2.14. The van der Waals surface area contributed by atoms with E-state index in [1.54, 1.807) is 6.33 Å². The maximum atomic E-state index is 11.2. The van der Waals surface area contributed by atoms with E-state index in [1.165, 1.54) is 0 Å². The summed E-state index contributed by atoms with van der Waals surface area (Å²) in [5.41, 5.74) is 1.04. The Morgan fingerprint density at radius 1 is 1.54 bits per heavy atom. The number of aromatic nitrogens is 2. The van der Waals surface area contributed by atoms with E-state index in [0.717, 1.165) is 18.7 Å². The Labute approximate surface area is 73.3 Å². The molecular weight excluding hydrogens is 172 g/mol. The summed E-state index contributed by atoms with van der Waals surface area (Å²) in [6.07, 6.45) is 2.31. The summed E-state index contributed by atoms with van der Waals surface area (Å²) in [6, 6.07) is 0. The van der Waals surface area contributed by atoms with Crippen molar-refractivity contribution in [2.75, 3.05) is 0 Å². The van der Waals surface area contributed by atoms with Crippen LogP contribution in [0.1, 0.15) is 28.5 Å². The third-order valence-corrected chi connectivity index (χ3v) is 2.54. The van der Waals surface area contributed by atoms with Gasteiger partial charge in [0.2, 0.25) is 0 Å². The van der Waals surface area contributed by atoms with E-state index in [-0.39, 0.29) is 5.92 Å². The van der Waals surface area contributed by atoms with Gasteiger partial charge in [0.25, 0.3) is 0 Å². The molecule has 0 spiro atoms. The monoisotopic (exact) mass is 178 g/mol. The molecule has 2 aliphatic heterocycles. The van der Waals surface area contributed by atoms with E-state index >= 15 is 0 Å². The fourth-order valence-electron chi connectivity index (χ4n) is 1.94. The number of carbonyl (C=O) groups is 2. The largest absolute Gasteiger partial charge is 0.388 e. The van der Waals surface area contributed by atoms with Crippen LogP contribution in [0.25, 0.3) is 0 Å². The zero-order valence-corrected chi connectivity index (χ0v) is 6.69. The van der Waals surface area contributed by atoms with Crippen LogP contribution >= 0.6 is 0 Å². The number of carbonyl (C=O) groups excluding carboxylic acids is 2. The van der Waals surface area contributed by atoms with Crippen LogP contribution in [0.5, 0.6) is 0 Å². The SMILES string of the molecule is O=C1OC(=O)C2CCn3cnc1c32. The lowest BCUT2D eigenvalue weighted by Crippen LogP contribution is -2.26. The second kappa shape index (κ2) is 1.99. The third-order valence-electron chi connectivity index (χ3n) is 2.54. The molecule has 3 rings (SSSR count). The molecule has 0 bridgehead atoms. The summed E-state index contributed by atoms with van der Waals surface area (Å²) < 4.78 is 6.40. The summed E-state index contributed by atoms with van der Waals surface area (Å²) >= 11 is 0. The zero-order valence-electron chi connectivity index (χ0n) is 6.69. The number of hydrogen-bond acceptors (Lipinski definition) is 4. The number of imidazole rings is 1. The zero-order chi connectivity index (χ0) is 9.00. The first-order valence-corrected chi connectivity index (χ1v) is 4.08. The molecule has 0 amide bonds. The van der Waals surface area contributed by atoms with Gasteiger partial charge in [-0.2, -0.15) is 0 Å². The average molecular weight is 178 g/mol. The molecule has 2 aliphatic rings. The highest BCUT2D eigenvalue weighted by Crippen LogP contribution is 2.34. The third kappa shape index (κ3) is 0.690. The Kier molecular flexibility index (Phi) is 1.04. The van der Waals surface area contributed by atoms with Crippen molar-refractivity contribution in [2.45, 2.75) is 18.9 Å². The molecule has 0 saturated carbocycles. The van der Waals surface area contributed by atoms with Crippen molar-refractivity contribution in [1.82, 2.24) is 9.55 Å². The Hall–Kier alpha value is -1.65. The standard InChI is InChI=1S/C8H6N2O3/c11-7-4-1-2-10-3-9-5(6(4)10)8(12)13-7/h3-4H,1-2H2. The van der Waals surface area contributed by atoms with Gasteiger partial charge in [-0.05, 0) is 6.42 Å². The van der Waals surface area contributed by atoms with Crippen molar-refractivity contribution in [1.29, 1.82) is 0 Å². The smallest absolute Gasteiger partial charge is 0.366 e. The van der Waals surface area contributed by atoms with Crippen LogP contribution in [0.2, 0.25) is 0 Å². The number of nitrogens with zero attached hydrogens (tertiary/aromatic N) is 2. The summed E-state index contributed by atoms with van der Waals surface area (Å²) in [5, 5.41) is 0. The van der Waals surface area contributed by atoms with Gasteiger partial charge >= 0.3 is 11.9 Å². The van der Waals surface area contributed by atoms with E-state index in [2.05, 4.69) is 9.72 Å². The Morgan fingerprint density at radius 3 is 3.23 bits per heavy atom. The normalized spacial score (nSPS) is 24.5. The molecule has 0 radical (unpaired) electrons. The van der Waals surface area contributed by atoms with Gasteiger partial charge in [0.1, 0.15) is 5.92 Å². The fraction of sp³-hybridized carbons (Fsp3) is 0.375. The van der Waals surface area contributed by atoms with Crippen molar-refractivity contribution < 1.29 is 14.3 Å². The molecule has 3 heterocycles. The summed E-state index contributed by atoms with van der Waals surface area (Å²) in [7, 11) is 0. The van der Waals surface area contributed by atoms with Crippen molar-refractivity contribution in [3.8, 4) is 0 Å². The van der Waals surface area contributed by atoms with Crippen LogP contribution in [0.4, 0.5) is 0 Å². The summed E-state index contributed by atoms with van der Waals surface area (Å²) in [4.78, 5) is 26.3. The van der Waals surface area contributed by atoms with Crippen LogP contribution < -0.4 is 0 Å². The van der Waals surface area contributed by atoms with Gasteiger partial charge in [0.05, 0.1) is 12.0 Å². The average Bonchev–Trinajstić information content (AvgIpc) is 2.60. The molecule has 5 nitrogen and oxygen atoms in total. The predicted molar refractivity (Wildman–Crippen MR) is 40.0 cm³/mol. The first-order chi connectivity index (χ1) is 6.27. The number of cyclic esters (lactones) is 2. The number of hydrogen-bond donors (Lipinski definition) is 0. The highest BCUT2D eigenvalue weighted by atomic mass is 16.6. The number of esters is 2. The second-order valence-electron chi connectivity index (χ2n) is 3.22. The van der Waals surface area contributed by atoms with Gasteiger partial charge in [-0.3, -0.25) is 4.79 Å². The minimum Gasteiger partial charge on any atom is -0.388 e. The quantitative estimate of drug-likeness (QED) is 0.416. The van der Waals surface area contributed by atoms with Crippen molar-refractivity contribution >= 4 is 11.9 Å². The molecule has 1 unspecified atom stereocenters. The Morgan fingerprint density at radius 2 is 2.38 bits per heavy atom. The van der Waals surface area contributed by atoms with Crippen LogP contribution in [0.15, 0.2) is 6.33 Å². The summed E-state index contributed by atoms with van der Waals surface area (Å²) in [5.74, 6) is -1.32. The van der Waals surface area contributed by atoms with Crippen LogP contribution in [0.3, 0.4) is 0 Å². The van der Waals surface area contributed by atoms with Crippen LogP contribution in [0, 0.1) is 0 Å². The van der Waals surface area contributed by atoms with Crippen molar-refractivity contribution in [3.05, 3.63) is 17.7 Å². The molecule has 0 aliphatic carbocycles. The number of rotatable bonds is 0. The fourth-order valence-corrected chi connectivity index (χ4v) is 1.94. The van der Waals surface area contributed by atoms with Crippen molar-refractivity contribution in [3.63, 3.8) is 0 Å². The molecule has 5 heteroatoms. The van der Waals surface area contributed by atoms with Gasteiger partial charge < -0.3 is 9.30 Å². The number of ether oxygens (including phenoxy) is 1. The van der Waals surface area contributed by atoms with Gasteiger partial charge in [-0.1, -0.05) is 0 Å². The topological polar surface area (TPSA) is 61.2 Å². The lowest BCUT2D eigenvalue weighted by molar-refractivity contribution is -0.140. The maximum Gasteiger partial charge on any atom is 0.366 e. The molecule has 1 aromatic rings. The Bertz CT molecular complexity index is 421. The van der Waals surface area contributed by atoms with Gasteiger partial charge in [0.15, 0.2) is 5.69 Å². The van der Waals surface area contributed by atoms with E-state index in [9.17, 15) is 9.59 Å². The lowest BCUT2D eigenvalue weighted by atomic mass is 10.0. The van der Waals surface area contributed by atoms with Crippen molar-refractivity contribution in [2.24, 2.45) is 0 Å². The van der Waals surface area contributed by atoms with E-state index in [4.69, 9.17) is 0 Å². The number of aryl methyl sites for hydroxylation is 1. The minimum atomic E-state index is -0.614. The van der Waals surface area contributed by atoms with E-state index in [0.29, 0.717) is 5.69 Å². The predicted octanol–water partition coefficient (Wildman–Crippen LogP) is 0.0674. The molecule has 1 atom stereocenters. The molecule has 0 fully saturated rings. The second-order valence-corrected chi connectivity index (χ2v) is 3.22. The van der Waals surface area contributed by atoms with Gasteiger partial charge in [0, 0.05) is 6.54 Å². The van der Waals surface area contributed by atoms with Gasteiger partial charge in [-0.25, -0.2) is 9.78 Å². The van der Waals surface area contributed by atoms with Crippen LogP contribution in [-0.4, -0.2) is 21.5 Å². The van der Waals surface area contributed by atoms with E-state index < -0.39 is 11.9 Å². The van der Waals surface area contributed by atoms with Gasteiger partial charge in [-0.15, -0.1) is 0 Å². The molecule has 0 aromatic carbocycles.